The molecule has 0 amide bonds. The van der Waals surface area contributed by atoms with E-state index in [1.807, 2.05) is 43.5 Å². The number of fused-ring (bicyclic) bond motifs is 6. The second-order valence-corrected chi connectivity index (χ2v) is 11.9. The van der Waals surface area contributed by atoms with E-state index in [1.54, 1.807) is 0 Å². The van der Waals surface area contributed by atoms with Crippen molar-refractivity contribution in [1.82, 2.24) is 4.98 Å². The van der Waals surface area contributed by atoms with Crippen LogP contribution in [-0.4, -0.2) is 45.1 Å². The zero-order valence-corrected chi connectivity index (χ0v) is 20.5. The lowest BCUT2D eigenvalue weighted by Gasteiger charge is -2.60. The molecule has 6 nitrogen and oxygen atoms in total. The molecule has 6 rings (SSSR count). The van der Waals surface area contributed by atoms with E-state index in [2.05, 4.69) is 11.9 Å². The Balaban J connectivity index is 1.26. The third kappa shape index (κ3) is 3.15. The molecule has 3 fully saturated rings. The Labute approximate surface area is 205 Å². The number of aromatic amines is 1. The molecule has 6 unspecified atom stereocenters. The summed E-state index contributed by atoms with van der Waals surface area (Å²) < 4.78 is 5.94. The van der Waals surface area contributed by atoms with Gasteiger partial charge in [-0.3, -0.25) is 9.59 Å². The molecule has 0 spiro atoms. The summed E-state index contributed by atoms with van der Waals surface area (Å²) in [6.45, 7) is 4.03. The number of rotatable bonds is 4. The first-order valence-electron chi connectivity index (χ1n) is 13.0. The van der Waals surface area contributed by atoms with Crippen LogP contribution in [0.2, 0.25) is 0 Å². The van der Waals surface area contributed by atoms with E-state index in [-0.39, 0.29) is 41.3 Å². The number of carbonyl (C=O) groups excluding carboxylic acids is 2. The van der Waals surface area contributed by atoms with Crippen LogP contribution in [0.3, 0.4) is 0 Å². The average Bonchev–Trinajstić information content (AvgIpc) is 3.41. The third-order valence-corrected chi connectivity index (χ3v) is 10.4. The molecule has 0 radical (unpaired) electrons. The van der Waals surface area contributed by atoms with Gasteiger partial charge in [0.15, 0.2) is 5.78 Å². The molecule has 1 aromatic heterocycles. The molecular weight excluding hydrogens is 442 g/mol. The molecule has 0 aliphatic heterocycles. The summed E-state index contributed by atoms with van der Waals surface area (Å²) in [6.07, 6.45) is 7.69. The fraction of sp³-hybridized carbons (Fsp3) is 0.586. The highest BCUT2D eigenvalue weighted by atomic mass is 16.5. The van der Waals surface area contributed by atoms with Crippen molar-refractivity contribution in [3.8, 4) is 5.75 Å². The maximum atomic E-state index is 13.6. The van der Waals surface area contributed by atoms with Crippen molar-refractivity contribution in [3.05, 3.63) is 42.1 Å². The first kappa shape index (κ1) is 23.0. The third-order valence-electron chi connectivity index (χ3n) is 10.4. The quantitative estimate of drug-likeness (QED) is 0.608. The second kappa shape index (κ2) is 7.78. The first-order valence-corrected chi connectivity index (χ1v) is 13.0. The number of aliphatic hydroxyl groups is 2. The number of aliphatic hydroxyl groups excluding tert-OH is 1. The SMILES string of the molecule is CC12CCC(=O)C=C1CCC1C2C(O)CC2(C)C1CC[C@]2(O)C(=O)COc1cccc2[nH]ccc12. The summed E-state index contributed by atoms with van der Waals surface area (Å²) >= 11 is 0. The Hall–Kier alpha value is -2.44. The van der Waals surface area contributed by atoms with Crippen LogP contribution in [-0.2, 0) is 9.59 Å². The van der Waals surface area contributed by atoms with Gasteiger partial charge in [-0.2, -0.15) is 0 Å². The standard InChI is InChI=1S/C29H35NO5/c1-27-11-8-18(31)14-17(27)6-7-19-21-9-12-29(34,28(21,2)15-23(32)26(19)27)25(33)16-35-24-5-3-4-22-20(24)10-13-30-22/h3-5,10,13-14,19,21,23,26,30,32,34H,6-9,11-12,15-16H2,1-2H3/t19?,21?,23?,26?,27?,28?,29-/m0/s1. The lowest BCUT2D eigenvalue weighted by molar-refractivity contribution is -0.181. The molecule has 6 heteroatoms. The number of aromatic nitrogens is 1. The van der Waals surface area contributed by atoms with Gasteiger partial charge in [-0.25, -0.2) is 0 Å². The largest absolute Gasteiger partial charge is 0.485 e. The first-order chi connectivity index (χ1) is 16.7. The van der Waals surface area contributed by atoms with Gasteiger partial charge in [-0.05, 0) is 86.0 Å². The van der Waals surface area contributed by atoms with E-state index in [9.17, 15) is 19.8 Å². The topological polar surface area (TPSA) is 99.6 Å². The normalized spacial score (nSPS) is 40.6. The van der Waals surface area contributed by atoms with Gasteiger partial charge >= 0.3 is 0 Å². The molecule has 3 N–H and O–H groups in total. The van der Waals surface area contributed by atoms with Gasteiger partial charge in [0.25, 0.3) is 0 Å². The maximum absolute atomic E-state index is 13.6. The van der Waals surface area contributed by atoms with E-state index >= 15 is 0 Å². The minimum atomic E-state index is -1.52. The molecule has 2 aromatic rings. The van der Waals surface area contributed by atoms with Crippen LogP contribution in [0.1, 0.15) is 58.8 Å². The molecule has 1 heterocycles. The summed E-state index contributed by atoms with van der Waals surface area (Å²) in [7, 11) is 0. The van der Waals surface area contributed by atoms with Gasteiger partial charge in [-0.1, -0.05) is 25.5 Å². The Kier molecular flexibility index (Phi) is 5.11. The maximum Gasteiger partial charge on any atom is 0.202 e. The highest BCUT2D eigenvalue weighted by molar-refractivity contribution is 5.92. The number of hydrogen-bond acceptors (Lipinski definition) is 5. The average molecular weight is 478 g/mol. The Morgan fingerprint density at radius 3 is 2.83 bits per heavy atom. The van der Waals surface area contributed by atoms with Crippen molar-refractivity contribution in [2.45, 2.75) is 70.5 Å². The molecule has 0 bridgehead atoms. The summed E-state index contributed by atoms with van der Waals surface area (Å²) in [5.74, 6) is 0.974. The zero-order valence-electron chi connectivity index (χ0n) is 20.5. The molecule has 4 aliphatic rings. The van der Waals surface area contributed by atoms with Gasteiger partial charge in [0.2, 0.25) is 5.78 Å². The van der Waals surface area contributed by atoms with Crippen LogP contribution in [0, 0.1) is 28.6 Å². The van der Waals surface area contributed by atoms with Gasteiger partial charge in [0, 0.05) is 28.9 Å². The lowest BCUT2D eigenvalue weighted by atomic mass is 9.45. The molecule has 186 valence electrons. The number of Topliss-reactive ketones (excluding diaryl/α,β-unsaturated/α-hetero) is 1. The number of ether oxygens (including phenoxy) is 1. The number of benzene rings is 1. The van der Waals surface area contributed by atoms with Crippen LogP contribution in [0.4, 0.5) is 0 Å². The predicted molar refractivity (Wildman–Crippen MR) is 132 cm³/mol. The van der Waals surface area contributed by atoms with Crippen molar-refractivity contribution in [1.29, 1.82) is 0 Å². The Morgan fingerprint density at radius 2 is 2.00 bits per heavy atom. The van der Waals surface area contributed by atoms with Crippen molar-refractivity contribution in [2.24, 2.45) is 28.6 Å². The predicted octanol–water partition coefficient (Wildman–Crippen LogP) is 4.35. The number of allylic oxidation sites excluding steroid dienone is 1. The van der Waals surface area contributed by atoms with Crippen LogP contribution in [0.5, 0.6) is 5.75 Å². The molecule has 35 heavy (non-hydrogen) atoms. The molecule has 0 saturated heterocycles. The number of nitrogens with one attached hydrogen (secondary N) is 1. The zero-order chi connectivity index (χ0) is 24.6. The van der Waals surface area contributed by atoms with Gasteiger partial charge < -0.3 is 19.9 Å². The van der Waals surface area contributed by atoms with Crippen molar-refractivity contribution in [3.63, 3.8) is 0 Å². The van der Waals surface area contributed by atoms with Crippen LogP contribution < -0.4 is 4.74 Å². The van der Waals surface area contributed by atoms with Crippen LogP contribution in [0.15, 0.2) is 42.1 Å². The van der Waals surface area contributed by atoms with Gasteiger partial charge in [0.1, 0.15) is 18.0 Å². The van der Waals surface area contributed by atoms with E-state index in [0.717, 1.165) is 36.6 Å². The van der Waals surface area contributed by atoms with E-state index < -0.39 is 17.1 Å². The molecular formula is C29H35NO5. The highest BCUT2D eigenvalue weighted by Crippen LogP contribution is 2.67. The monoisotopic (exact) mass is 477 g/mol. The molecule has 1 aromatic carbocycles. The van der Waals surface area contributed by atoms with E-state index in [4.69, 9.17) is 4.74 Å². The van der Waals surface area contributed by atoms with Gasteiger partial charge in [-0.15, -0.1) is 0 Å². The van der Waals surface area contributed by atoms with Crippen LogP contribution in [0.25, 0.3) is 10.9 Å². The van der Waals surface area contributed by atoms with Crippen molar-refractivity contribution < 1.29 is 24.5 Å². The van der Waals surface area contributed by atoms with Crippen molar-refractivity contribution >= 4 is 22.5 Å². The lowest BCUT2D eigenvalue weighted by Crippen LogP contribution is -2.62. The Morgan fingerprint density at radius 1 is 1.17 bits per heavy atom. The number of hydrogen-bond donors (Lipinski definition) is 3. The van der Waals surface area contributed by atoms with Crippen molar-refractivity contribution in [2.75, 3.05) is 6.61 Å². The van der Waals surface area contributed by atoms with E-state index in [0.29, 0.717) is 25.0 Å². The number of carbonyl (C=O) groups is 2. The highest BCUT2D eigenvalue weighted by Gasteiger charge is 2.68. The number of ketones is 2. The molecule has 3 saturated carbocycles. The summed E-state index contributed by atoms with van der Waals surface area (Å²) in [4.78, 5) is 28.8. The summed E-state index contributed by atoms with van der Waals surface area (Å²) in [5.41, 5.74) is -0.271. The minimum absolute atomic E-state index is 0.0635. The molecule has 7 atom stereocenters. The Bertz CT molecular complexity index is 1230. The van der Waals surface area contributed by atoms with Gasteiger partial charge in [0.05, 0.1) is 6.10 Å². The van der Waals surface area contributed by atoms with Crippen LogP contribution >= 0.6 is 0 Å². The summed E-state index contributed by atoms with van der Waals surface area (Å²) in [6, 6.07) is 7.58. The minimum Gasteiger partial charge on any atom is -0.485 e. The van der Waals surface area contributed by atoms with E-state index in [1.165, 1.54) is 5.57 Å². The second-order valence-electron chi connectivity index (χ2n) is 11.9. The fourth-order valence-electron chi connectivity index (χ4n) is 8.60. The summed E-state index contributed by atoms with van der Waals surface area (Å²) in [5, 5.41) is 24.3. The fourth-order valence-corrected chi connectivity index (χ4v) is 8.60. The smallest absolute Gasteiger partial charge is 0.202 e. The number of H-pyrrole nitrogens is 1. The molecule has 4 aliphatic carbocycles.